The fraction of sp³-hybridized carbons (Fsp3) is 0.688. The lowest BCUT2D eigenvalue weighted by atomic mass is 10.0. The topological polar surface area (TPSA) is 67.5 Å². The van der Waals surface area contributed by atoms with Crippen molar-refractivity contribution in [1.29, 1.82) is 0 Å². The molecule has 1 amide bonds. The molecule has 0 N–H and O–H groups in total. The first kappa shape index (κ1) is 16.0. The SMILES string of the molecule is CN1CCC[C@H]1[C@H]1CCCN1C(=O)Cn1ccc(=O)n(C)c1=O. The molecule has 7 heteroatoms. The third kappa shape index (κ3) is 2.97. The predicted octanol–water partition coefficient (Wildman–Crippen LogP) is -0.368. The molecule has 0 saturated carbocycles. The molecule has 2 aliphatic heterocycles. The molecule has 2 aliphatic rings. The van der Waals surface area contributed by atoms with Crippen molar-refractivity contribution in [2.75, 3.05) is 20.1 Å². The average Bonchev–Trinajstić information content (AvgIpc) is 3.16. The van der Waals surface area contributed by atoms with Gasteiger partial charge in [-0.2, -0.15) is 0 Å². The standard InChI is InChI=1S/C16H24N4O3/c1-17-8-3-5-12(17)13-6-4-9-20(13)15(22)11-19-10-7-14(21)18(2)16(19)23/h7,10,12-13H,3-6,8-9,11H2,1-2H3/t12-,13+/m0/s1. The number of nitrogens with zero attached hydrogens (tertiary/aromatic N) is 4. The van der Waals surface area contributed by atoms with Crippen molar-refractivity contribution >= 4 is 5.91 Å². The van der Waals surface area contributed by atoms with Crippen molar-refractivity contribution in [3.63, 3.8) is 0 Å². The quantitative estimate of drug-likeness (QED) is 0.762. The zero-order chi connectivity index (χ0) is 16.6. The minimum atomic E-state index is -0.445. The molecule has 23 heavy (non-hydrogen) atoms. The third-order valence-corrected chi connectivity index (χ3v) is 5.21. The molecule has 0 bridgehead atoms. The minimum absolute atomic E-state index is 0.000111. The van der Waals surface area contributed by atoms with Crippen molar-refractivity contribution in [1.82, 2.24) is 18.9 Å². The summed E-state index contributed by atoms with van der Waals surface area (Å²) in [5, 5.41) is 0. The van der Waals surface area contributed by atoms with Gasteiger partial charge in [-0.1, -0.05) is 0 Å². The highest BCUT2D eigenvalue weighted by Crippen LogP contribution is 2.29. The van der Waals surface area contributed by atoms with E-state index in [9.17, 15) is 14.4 Å². The maximum atomic E-state index is 12.7. The molecule has 1 aromatic rings. The third-order valence-electron chi connectivity index (χ3n) is 5.21. The Bertz CT molecular complexity index is 708. The van der Waals surface area contributed by atoms with Crippen molar-refractivity contribution in [2.24, 2.45) is 7.05 Å². The zero-order valence-electron chi connectivity index (χ0n) is 13.8. The second kappa shape index (κ2) is 6.31. The lowest BCUT2D eigenvalue weighted by Crippen LogP contribution is -2.49. The van der Waals surface area contributed by atoms with Crippen LogP contribution >= 0.6 is 0 Å². The molecule has 3 rings (SSSR count). The Morgan fingerprint density at radius 3 is 2.52 bits per heavy atom. The van der Waals surface area contributed by atoms with E-state index in [2.05, 4.69) is 11.9 Å². The first-order valence-electron chi connectivity index (χ1n) is 8.25. The van der Waals surface area contributed by atoms with Crippen LogP contribution in [0.3, 0.4) is 0 Å². The van der Waals surface area contributed by atoms with Crippen molar-refractivity contribution in [3.8, 4) is 0 Å². The van der Waals surface area contributed by atoms with Crippen LogP contribution in [0.4, 0.5) is 0 Å². The molecule has 2 atom stereocenters. The molecule has 0 unspecified atom stereocenters. The van der Waals surface area contributed by atoms with Crippen LogP contribution in [0, 0.1) is 0 Å². The molecule has 3 heterocycles. The Kier molecular flexibility index (Phi) is 4.39. The summed E-state index contributed by atoms with van der Waals surface area (Å²) in [6.45, 7) is 1.84. The Labute approximate surface area is 135 Å². The lowest BCUT2D eigenvalue weighted by Gasteiger charge is -2.33. The van der Waals surface area contributed by atoms with Gasteiger partial charge in [-0.05, 0) is 39.3 Å². The molecular formula is C16H24N4O3. The van der Waals surface area contributed by atoms with Crippen LogP contribution < -0.4 is 11.2 Å². The normalized spacial score (nSPS) is 25.2. The van der Waals surface area contributed by atoms with Gasteiger partial charge in [-0.3, -0.25) is 18.7 Å². The van der Waals surface area contributed by atoms with Gasteiger partial charge in [0.2, 0.25) is 5.91 Å². The van der Waals surface area contributed by atoms with Crippen LogP contribution in [-0.2, 0) is 18.4 Å². The smallest absolute Gasteiger partial charge is 0.331 e. The van der Waals surface area contributed by atoms with Gasteiger partial charge in [0.05, 0.1) is 0 Å². The van der Waals surface area contributed by atoms with E-state index in [0.29, 0.717) is 6.04 Å². The Morgan fingerprint density at radius 1 is 1.13 bits per heavy atom. The van der Waals surface area contributed by atoms with Crippen LogP contribution in [0.1, 0.15) is 25.7 Å². The highest BCUT2D eigenvalue weighted by atomic mass is 16.2. The summed E-state index contributed by atoms with van der Waals surface area (Å²) in [6, 6.07) is 2.00. The van der Waals surface area contributed by atoms with Crippen LogP contribution in [0.2, 0.25) is 0 Å². The van der Waals surface area contributed by atoms with Crippen molar-refractivity contribution in [2.45, 2.75) is 44.3 Å². The molecule has 0 aliphatic carbocycles. The number of amides is 1. The van der Waals surface area contributed by atoms with Gasteiger partial charge in [-0.15, -0.1) is 0 Å². The van der Waals surface area contributed by atoms with E-state index in [4.69, 9.17) is 0 Å². The van der Waals surface area contributed by atoms with E-state index in [-0.39, 0.29) is 24.1 Å². The monoisotopic (exact) mass is 320 g/mol. The van der Waals surface area contributed by atoms with E-state index in [0.717, 1.165) is 36.9 Å². The number of likely N-dealkylation sites (N-methyl/N-ethyl adjacent to an activating group) is 1. The van der Waals surface area contributed by atoms with Gasteiger partial charge in [-0.25, -0.2) is 4.79 Å². The van der Waals surface area contributed by atoms with Crippen LogP contribution in [-0.4, -0.2) is 57.1 Å². The Morgan fingerprint density at radius 2 is 1.83 bits per heavy atom. The highest BCUT2D eigenvalue weighted by molar-refractivity contribution is 5.76. The molecule has 2 fully saturated rings. The summed E-state index contributed by atoms with van der Waals surface area (Å²) >= 11 is 0. The predicted molar refractivity (Wildman–Crippen MR) is 86.3 cm³/mol. The number of likely N-dealkylation sites (tertiary alicyclic amines) is 2. The van der Waals surface area contributed by atoms with Crippen LogP contribution in [0.15, 0.2) is 21.9 Å². The number of carbonyl (C=O) groups is 1. The van der Waals surface area contributed by atoms with E-state index < -0.39 is 5.69 Å². The Balaban J connectivity index is 1.76. The first-order valence-corrected chi connectivity index (χ1v) is 8.25. The lowest BCUT2D eigenvalue weighted by molar-refractivity contribution is -0.133. The van der Waals surface area contributed by atoms with E-state index in [1.165, 1.54) is 30.3 Å². The summed E-state index contributed by atoms with van der Waals surface area (Å²) in [5.74, 6) is -0.0338. The average molecular weight is 320 g/mol. The second-order valence-electron chi connectivity index (χ2n) is 6.61. The summed E-state index contributed by atoms with van der Waals surface area (Å²) in [6.07, 6.45) is 5.77. The van der Waals surface area contributed by atoms with Gasteiger partial charge in [0.15, 0.2) is 0 Å². The minimum Gasteiger partial charge on any atom is -0.337 e. The second-order valence-corrected chi connectivity index (χ2v) is 6.61. The molecule has 1 aromatic heterocycles. The molecule has 0 spiro atoms. The van der Waals surface area contributed by atoms with Crippen molar-refractivity contribution in [3.05, 3.63) is 33.1 Å². The molecule has 0 aromatic carbocycles. The summed E-state index contributed by atoms with van der Waals surface area (Å²) in [7, 11) is 3.55. The number of hydrogen-bond acceptors (Lipinski definition) is 4. The van der Waals surface area contributed by atoms with Crippen molar-refractivity contribution < 1.29 is 4.79 Å². The molecule has 126 valence electrons. The fourth-order valence-electron chi connectivity index (χ4n) is 3.90. The number of rotatable bonds is 3. The number of hydrogen-bond donors (Lipinski definition) is 0. The van der Waals surface area contributed by atoms with Gasteiger partial charge in [0.1, 0.15) is 6.54 Å². The molecule has 0 radical (unpaired) electrons. The molecule has 7 nitrogen and oxygen atoms in total. The summed E-state index contributed by atoms with van der Waals surface area (Å²) in [5.41, 5.74) is -0.801. The maximum absolute atomic E-state index is 12.7. The van der Waals surface area contributed by atoms with Gasteiger partial charge < -0.3 is 9.80 Å². The summed E-state index contributed by atoms with van der Waals surface area (Å²) in [4.78, 5) is 40.5. The van der Waals surface area contributed by atoms with Gasteiger partial charge in [0, 0.05) is 37.9 Å². The van der Waals surface area contributed by atoms with Gasteiger partial charge in [0.25, 0.3) is 5.56 Å². The summed E-state index contributed by atoms with van der Waals surface area (Å²) < 4.78 is 2.34. The maximum Gasteiger partial charge on any atom is 0.331 e. The molecular weight excluding hydrogens is 296 g/mol. The fourth-order valence-corrected chi connectivity index (χ4v) is 3.90. The highest BCUT2D eigenvalue weighted by Gasteiger charge is 2.38. The van der Waals surface area contributed by atoms with E-state index in [1.54, 1.807) is 0 Å². The molecule has 2 saturated heterocycles. The van der Waals surface area contributed by atoms with Crippen LogP contribution in [0.25, 0.3) is 0 Å². The van der Waals surface area contributed by atoms with E-state index >= 15 is 0 Å². The number of aromatic nitrogens is 2. The van der Waals surface area contributed by atoms with Crippen LogP contribution in [0.5, 0.6) is 0 Å². The largest absolute Gasteiger partial charge is 0.337 e. The zero-order valence-corrected chi connectivity index (χ0v) is 13.8. The first-order chi connectivity index (χ1) is 11.0. The number of carbonyl (C=O) groups excluding carboxylic acids is 1. The Hall–Kier alpha value is -1.89. The van der Waals surface area contributed by atoms with E-state index in [1.807, 2.05) is 4.90 Å². The van der Waals surface area contributed by atoms with Gasteiger partial charge >= 0.3 is 5.69 Å².